The normalized spacial score (nSPS) is 32.2. The molecule has 0 aromatic rings. The monoisotopic (exact) mass is 198 g/mol. The molecule has 2 fully saturated rings. The number of ether oxygens (including phenoxy) is 1. The molecule has 2 saturated heterocycles. The quantitative estimate of drug-likeness (QED) is 0.626. The zero-order valence-electron chi connectivity index (χ0n) is 8.66. The predicted molar refractivity (Wildman–Crippen MR) is 53.1 cm³/mol. The maximum atomic E-state index is 11.3. The number of piperidine rings is 2. The van der Waals surface area contributed by atoms with E-state index in [4.69, 9.17) is 4.74 Å². The number of hydrogen-bond acceptors (Lipinski definition) is 3. The highest BCUT2D eigenvalue weighted by Crippen LogP contribution is 2.24. The van der Waals surface area contributed by atoms with Gasteiger partial charge in [0.2, 0.25) is 0 Å². The third-order valence-corrected chi connectivity index (χ3v) is 3.32. The summed E-state index contributed by atoms with van der Waals surface area (Å²) in [6, 6.07) is 0.629. The van der Waals surface area contributed by atoms with E-state index in [1.807, 2.05) is 4.90 Å². The molecule has 1 N–H and O–H groups in total. The number of methoxy groups -OCH3 is 1. The number of likely N-dealkylation sites (tertiary alicyclic amines) is 1. The Morgan fingerprint density at radius 2 is 2.36 bits per heavy atom. The van der Waals surface area contributed by atoms with Crippen molar-refractivity contribution in [3.63, 3.8) is 0 Å². The lowest BCUT2D eigenvalue weighted by Crippen LogP contribution is -2.53. The number of fused-ring (bicyclic) bond motifs is 1. The number of hydrogen-bond donors (Lipinski definition) is 1. The molecule has 0 bridgehead atoms. The van der Waals surface area contributed by atoms with Crippen molar-refractivity contribution in [1.29, 1.82) is 0 Å². The van der Waals surface area contributed by atoms with Gasteiger partial charge in [0.1, 0.15) is 0 Å². The summed E-state index contributed by atoms with van der Waals surface area (Å²) in [7, 11) is 1.45. The van der Waals surface area contributed by atoms with Gasteiger partial charge in [-0.05, 0) is 31.7 Å². The number of nitrogens with one attached hydrogen (secondary N) is 1. The van der Waals surface area contributed by atoms with Crippen molar-refractivity contribution in [2.45, 2.75) is 25.3 Å². The van der Waals surface area contributed by atoms with Crippen LogP contribution in [0.5, 0.6) is 0 Å². The first kappa shape index (κ1) is 9.77. The first-order chi connectivity index (χ1) is 6.81. The van der Waals surface area contributed by atoms with E-state index in [0.29, 0.717) is 12.0 Å². The Labute approximate surface area is 84.6 Å². The summed E-state index contributed by atoms with van der Waals surface area (Å²) in [5, 5.41) is 3.52. The van der Waals surface area contributed by atoms with Gasteiger partial charge in [-0.3, -0.25) is 0 Å². The third kappa shape index (κ3) is 1.85. The van der Waals surface area contributed by atoms with Crippen molar-refractivity contribution in [2.24, 2.45) is 5.92 Å². The number of carbonyl (C=O) groups excluding carboxylic acids is 1. The van der Waals surface area contributed by atoms with Gasteiger partial charge < -0.3 is 15.0 Å². The highest BCUT2D eigenvalue weighted by molar-refractivity contribution is 5.67. The third-order valence-electron chi connectivity index (χ3n) is 3.32. The molecular formula is C10H18N2O2. The van der Waals surface area contributed by atoms with E-state index in [9.17, 15) is 4.79 Å². The molecule has 14 heavy (non-hydrogen) atoms. The second-order valence-corrected chi connectivity index (χ2v) is 4.17. The van der Waals surface area contributed by atoms with Crippen LogP contribution in [-0.4, -0.2) is 43.8 Å². The van der Waals surface area contributed by atoms with E-state index in [2.05, 4.69) is 5.32 Å². The lowest BCUT2D eigenvalue weighted by Gasteiger charge is -2.41. The van der Waals surface area contributed by atoms with Gasteiger partial charge in [0.25, 0.3) is 0 Å². The Balaban J connectivity index is 1.92. The van der Waals surface area contributed by atoms with Gasteiger partial charge in [0.05, 0.1) is 7.11 Å². The molecule has 2 heterocycles. The summed E-state index contributed by atoms with van der Waals surface area (Å²) < 4.78 is 4.74. The van der Waals surface area contributed by atoms with Gasteiger partial charge in [0.15, 0.2) is 0 Å². The summed E-state index contributed by atoms with van der Waals surface area (Å²) in [6.07, 6.45) is 3.37. The lowest BCUT2D eigenvalue weighted by atomic mass is 9.85. The van der Waals surface area contributed by atoms with E-state index in [-0.39, 0.29) is 6.09 Å². The predicted octanol–water partition coefficient (Wildman–Crippen LogP) is 0.827. The molecule has 2 aliphatic heterocycles. The topological polar surface area (TPSA) is 41.6 Å². The number of rotatable bonds is 0. The average molecular weight is 198 g/mol. The van der Waals surface area contributed by atoms with Crippen molar-refractivity contribution in [2.75, 3.05) is 26.7 Å². The molecule has 2 atom stereocenters. The van der Waals surface area contributed by atoms with Gasteiger partial charge in [-0.2, -0.15) is 0 Å². The van der Waals surface area contributed by atoms with Crippen LogP contribution in [0.15, 0.2) is 0 Å². The van der Waals surface area contributed by atoms with Crippen LogP contribution in [0.4, 0.5) is 4.79 Å². The largest absolute Gasteiger partial charge is 0.453 e. The minimum absolute atomic E-state index is 0.172. The first-order valence-corrected chi connectivity index (χ1v) is 5.37. The summed E-state index contributed by atoms with van der Waals surface area (Å²) in [5.74, 6) is 0.636. The van der Waals surface area contributed by atoms with E-state index in [1.54, 1.807) is 0 Å². The van der Waals surface area contributed by atoms with Crippen LogP contribution in [0.25, 0.3) is 0 Å². The Hall–Kier alpha value is -0.770. The molecule has 4 nitrogen and oxygen atoms in total. The van der Waals surface area contributed by atoms with Gasteiger partial charge in [-0.1, -0.05) is 0 Å². The molecule has 0 spiro atoms. The van der Waals surface area contributed by atoms with Crippen molar-refractivity contribution in [1.82, 2.24) is 10.2 Å². The van der Waals surface area contributed by atoms with E-state index in [1.165, 1.54) is 20.0 Å². The second-order valence-electron chi connectivity index (χ2n) is 4.17. The Morgan fingerprint density at radius 1 is 1.50 bits per heavy atom. The summed E-state index contributed by atoms with van der Waals surface area (Å²) in [6.45, 7) is 2.84. The summed E-state index contributed by atoms with van der Waals surface area (Å²) >= 11 is 0. The van der Waals surface area contributed by atoms with Gasteiger partial charge in [0, 0.05) is 19.1 Å². The molecular weight excluding hydrogens is 180 g/mol. The van der Waals surface area contributed by atoms with Crippen LogP contribution >= 0.6 is 0 Å². The molecule has 0 aliphatic carbocycles. The number of nitrogens with zero attached hydrogens (tertiary/aromatic N) is 1. The highest BCUT2D eigenvalue weighted by atomic mass is 16.5. The van der Waals surface area contributed by atoms with Gasteiger partial charge in [-0.25, -0.2) is 4.79 Å². The second kappa shape index (κ2) is 4.17. The molecule has 0 saturated carbocycles. The van der Waals surface area contributed by atoms with Gasteiger partial charge >= 0.3 is 6.09 Å². The molecule has 2 aliphatic rings. The lowest BCUT2D eigenvalue weighted by molar-refractivity contribution is 0.0817. The first-order valence-electron chi connectivity index (χ1n) is 5.37. The zero-order valence-corrected chi connectivity index (χ0v) is 8.66. The molecule has 0 aromatic carbocycles. The number of carbonyl (C=O) groups is 1. The molecule has 80 valence electrons. The van der Waals surface area contributed by atoms with Crippen LogP contribution in [0.1, 0.15) is 19.3 Å². The van der Waals surface area contributed by atoms with Crippen LogP contribution in [0.2, 0.25) is 0 Å². The molecule has 4 heteroatoms. The minimum atomic E-state index is -0.172. The SMILES string of the molecule is COC(=O)N1CCC2NCCCC2C1. The zero-order chi connectivity index (χ0) is 9.97. The molecule has 0 aromatic heterocycles. The highest BCUT2D eigenvalue weighted by Gasteiger charge is 2.32. The molecule has 0 radical (unpaired) electrons. The van der Waals surface area contributed by atoms with Crippen molar-refractivity contribution in [3.8, 4) is 0 Å². The Morgan fingerprint density at radius 3 is 3.14 bits per heavy atom. The maximum Gasteiger partial charge on any atom is 0.409 e. The molecule has 2 rings (SSSR count). The maximum absolute atomic E-state index is 11.3. The van der Waals surface area contributed by atoms with E-state index in [0.717, 1.165) is 26.1 Å². The van der Waals surface area contributed by atoms with Crippen molar-refractivity contribution in [3.05, 3.63) is 0 Å². The van der Waals surface area contributed by atoms with Crippen LogP contribution in [0.3, 0.4) is 0 Å². The van der Waals surface area contributed by atoms with Crippen LogP contribution < -0.4 is 5.32 Å². The van der Waals surface area contributed by atoms with E-state index < -0.39 is 0 Å². The summed E-state index contributed by atoms with van der Waals surface area (Å²) in [5.41, 5.74) is 0. The average Bonchev–Trinajstić information content (AvgIpc) is 2.27. The fraction of sp³-hybridized carbons (Fsp3) is 0.900. The fourth-order valence-corrected chi connectivity index (χ4v) is 2.54. The molecule has 1 amide bonds. The van der Waals surface area contributed by atoms with Gasteiger partial charge in [-0.15, -0.1) is 0 Å². The Bertz CT molecular complexity index is 220. The van der Waals surface area contributed by atoms with Crippen molar-refractivity contribution >= 4 is 6.09 Å². The van der Waals surface area contributed by atoms with E-state index >= 15 is 0 Å². The smallest absolute Gasteiger partial charge is 0.409 e. The minimum Gasteiger partial charge on any atom is -0.453 e. The molecule has 2 unspecified atom stereocenters. The van der Waals surface area contributed by atoms with Crippen molar-refractivity contribution < 1.29 is 9.53 Å². The number of amides is 1. The summed E-state index contributed by atoms with van der Waals surface area (Å²) in [4.78, 5) is 13.2. The Kier molecular flexibility index (Phi) is 2.91. The van der Waals surface area contributed by atoms with Crippen LogP contribution in [0, 0.1) is 5.92 Å². The fourth-order valence-electron chi connectivity index (χ4n) is 2.54. The van der Waals surface area contributed by atoms with Crippen LogP contribution in [-0.2, 0) is 4.74 Å². The standard InChI is InChI=1S/C10H18N2O2/c1-14-10(13)12-6-4-9-8(7-12)3-2-5-11-9/h8-9,11H,2-7H2,1H3.